The van der Waals surface area contributed by atoms with Crippen molar-refractivity contribution in [2.75, 3.05) is 32.8 Å². The molecule has 6 rings (SSSR count). The predicted molar refractivity (Wildman–Crippen MR) is 195 cm³/mol. The van der Waals surface area contributed by atoms with E-state index >= 15 is 0 Å². The molecule has 2 bridgehead atoms. The molecule has 3 aromatic carbocycles. The Morgan fingerprint density at radius 1 is 0.940 bits per heavy atom. The zero-order chi connectivity index (χ0) is 35.2. The number of piperazine rings is 1. The Hall–Kier alpha value is -4.34. The molecule has 3 N–H and O–H groups in total. The van der Waals surface area contributed by atoms with Crippen LogP contribution >= 0.6 is 11.6 Å². The summed E-state index contributed by atoms with van der Waals surface area (Å²) in [6, 6.07) is 22.0. The van der Waals surface area contributed by atoms with Gasteiger partial charge in [-0.25, -0.2) is 0 Å². The summed E-state index contributed by atoms with van der Waals surface area (Å²) in [5.41, 5.74) is 11.5. The number of fused-ring (bicyclic) bond motifs is 2. The lowest BCUT2D eigenvalue weighted by atomic mass is 9.82. The molecule has 2 fully saturated rings. The number of rotatable bonds is 15. The van der Waals surface area contributed by atoms with Crippen LogP contribution in [0.25, 0.3) is 5.57 Å². The Kier molecular flexibility index (Phi) is 11.4. The Bertz CT molecular complexity index is 1720. The van der Waals surface area contributed by atoms with Crippen LogP contribution in [0.2, 0.25) is 5.02 Å². The fourth-order valence-corrected chi connectivity index (χ4v) is 7.23. The number of carbonyl (C=O) groups excluding carboxylic acids is 3. The highest BCUT2D eigenvalue weighted by molar-refractivity contribution is 6.32. The van der Waals surface area contributed by atoms with Gasteiger partial charge in [0.25, 0.3) is 5.91 Å². The topological polar surface area (TPSA) is 114 Å². The number of amides is 3. The molecular formula is C40H47ClN4O5. The molecule has 3 aromatic rings. The molecule has 1 aliphatic carbocycles. The van der Waals surface area contributed by atoms with Gasteiger partial charge in [-0.2, -0.15) is 0 Å². The minimum Gasteiger partial charge on any atom is -0.490 e. The van der Waals surface area contributed by atoms with Gasteiger partial charge in [-0.05, 0) is 98.0 Å². The van der Waals surface area contributed by atoms with Crippen molar-refractivity contribution in [1.82, 2.24) is 15.1 Å². The first-order valence-corrected chi connectivity index (χ1v) is 18.1. The zero-order valence-electron chi connectivity index (χ0n) is 29.0. The van der Waals surface area contributed by atoms with E-state index in [4.69, 9.17) is 26.8 Å². The molecule has 2 unspecified atom stereocenters. The molecule has 2 heterocycles. The maximum absolute atomic E-state index is 14.7. The molecule has 0 aromatic heterocycles. The molecule has 1 saturated heterocycles. The minimum atomic E-state index is -0.405. The van der Waals surface area contributed by atoms with Crippen molar-refractivity contribution in [3.8, 4) is 11.5 Å². The number of ether oxygens (including phenoxy) is 2. The van der Waals surface area contributed by atoms with Crippen molar-refractivity contribution in [3.05, 3.63) is 99.6 Å². The molecule has 2 aliphatic heterocycles. The van der Waals surface area contributed by atoms with E-state index in [2.05, 4.69) is 22.3 Å². The van der Waals surface area contributed by atoms with Crippen molar-refractivity contribution in [3.63, 3.8) is 0 Å². The monoisotopic (exact) mass is 698 g/mol. The van der Waals surface area contributed by atoms with Crippen LogP contribution in [-0.2, 0) is 20.8 Å². The Labute approximate surface area is 299 Å². The van der Waals surface area contributed by atoms with E-state index in [1.807, 2.05) is 73.3 Å². The lowest BCUT2D eigenvalue weighted by molar-refractivity contribution is -0.134. The van der Waals surface area contributed by atoms with E-state index in [1.165, 1.54) is 5.56 Å². The second kappa shape index (κ2) is 16.1. The van der Waals surface area contributed by atoms with Crippen LogP contribution in [0.1, 0.15) is 60.8 Å². The summed E-state index contributed by atoms with van der Waals surface area (Å²) < 4.78 is 11.9. The predicted octanol–water partition coefficient (Wildman–Crippen LogP) is 5.63. The van der Waals surface area contributed by atoms with Crippen LogP contribution in [0, 0.1) is 13.8 Å². The van der Waals surface area contributed by atoms with Gasteiger partial charge in [0.2, 0.25) is 11.8 Å². The molecule has 3 amide bonds. The number of halogens is 1. The third-order valence-electron chi connectivity index (χ3n) is 9.90. The van der Waals surface area contributed by atoms with Crippen LogP contribution in [0.15, 0.2) is 72.3 Å². The highest BCUT2D eigenvalue weighted by Crippen LogP contribution is 2.37. The number of nitrogens with one attached hydrogen (secondary N) is 1. The van der Waals surface area contributed by atoms with Gasteiger partial charge in [-0.15, -0.1) is 0 Å². The van der Waals surface area contributed by atoms with Crippen LogP contribution in [0.5, 0.6) is 11.5 Å². The van der Waals surface area contributed by atoms with Gasteiger partial charge >= 0.3 is 0 Å². The third-order valence-corrected chi connectivity index (χ3v) is 10.2. The number of nitrogens with zero attached hydrogens (tertiary/aromatic N) is 2. The van der Waals surface area contributed by atoms with Gasteiger partial charge < -0.3 is 30.3 Å². The summed E-state index contributed by atoms with van der Waals surface area (Å²) in [6.07, 6.45) is 4.27. The SMILES string of the molecule is Cc1cc(Cl)c(OCCOc2ccc(C3=C(C(=O)N(CCc4ccccc4)C4CC4)C4CN(C(=O)CCCC(N)=O)CC(C3)N4)cc2)cc1C. The number of carbonyl (C=O) groups is 3. The fraction of sp³-hybridized carbons (Fsp3) is 0.425. The van der Waals surface area contributed by atoms with Gasteiger partial charge in [0.05, 0.1) is 11.1 Å². The van der Waals surface area contributed by atoms with E-state index in [0.717, 1.165) is 47.1 Å². The van der Waals surface area contributed by atoms with Crippen molar-refractivity contribution in [2.24, 2.45) is 5.73 Å². The van der Waals surface area contributed by atoms with Crippen LogP contribution < -0.4 is 20.5 Å². The van der Waals surface area contributed by atoms with Gasteiger partial charge in [0, 0.05) is 50.1 Å². The molecule has 3 aliphatic rings. The van der Waals surface area contributed by atoms with E-state index in [1.54, 1.807) is 0 Å². The summed E-state index contributed by atoms with van der Waals surface area (Å²) in [4.78, 5) is 43.1. The summed E-state index contributed by atoms with van der Waals surface area (Å²) in [5, 5.41) is 4.26. The van der Waals surface area contributed by atoms with Crippen LogP contribution in [0.3, 0.4) is 0 Å². The largest absolute Gasteiger partial charge is 0.490 e. The molecule has 50 heavy (non-hydrogen) atoms. The molecule has 1 saturated carbocycles. The summed E-state index contributed by atoms with van der Waals surface area (Å²) >= 11 is 6.36. The number of hydrogen-bond acceptors (Lipinski definition) is 6. The van der Waals surface area contributed by atoms with E-state index in [9.17, 15) is 14.4 Å². The van der Waals surface area contributed by atoms with Crippen LogP contribution in [0.4, 0.5) is 0 Å². The average molecular weight is 699 g/mol. The average Bonchev–Trinajstić information content (AvgIpc) is 3.94. The highest BCUT2D eigenvalue weighted by atomic mass is 35.5. The molecular weight excluding hydrogens is 652 g/mol. The lowest BCUT2D eigenvalue weighted by Gasteiger charge is -2.45. The highest BCUT2D eigenvalue weighted by Gasteiger charge is 2.43. The zero-order valence-corrected chi connectivity index (χ0v) is 29.7. The third kappa shape index (κ3) is 8.87. The van der Waals surface area contributed by atoms with Gasteiger partial charge in [0.15, 0.2) is 0 Å². The van der Waals surface area contributed by atoms with Crippen molar-refractivity contribution in [1.29, 1.82) is 0 Å². The summed E-state index contributed by atoms with van der Waals surface area (Å²) in [6.45, 7) is 6.33. The van der Waals surface area contributed by atoms with Crippen molar-refractivity contribution < 1.29 is 23.9 Å². The van der Waals surface area contributed by atoms with E-state index in [-0.39, 0.29) is 42.8 Å². The maximum atomic E-state index is 14.7. The first kappa shape index (κ1) is 35.5. The Balaban J connectivity index is 1.20. The standard InChI is InChI=1S/C40H47ClN4O5/c1-26-21-34(41)36(22-27(26)2)50-20-19-49-32-15-11-29(12-16-32)33-23-30-24-44(38(47)10-6-9-37(42)46)25-35(43-30)39(33)40(48)45(31-13-14-31)18-17-28-7-4-3-5-8-28/h3-5,7-8,11-12,15-16,21-22,30-31,35,43H,6,9-10,13-14,17-20,23-25H2,1-2H3,(H2,42,46). The van der Waals surface area contributed by atoms with Gasteiger partial charge in [-0.3, -0.25) is 14.4 Å². The number of aryl methyl sites for hydroxylation is 2. The first-order chi connectivity index (χ1) is 24.2. The summed E-state index contributed by atoms with van der Waals surface area (Å²) in [7, 11) is 0. The fourth-order valence-electron chi connectivity index (χ4n) is 6.96. The number of nitrogens with two attached hydrogens (primary N) is 1. The maximum Gasteiger partial charge on any atom is 0.252 e. The normalized spacial score (nSPS) is 18.5. The second-order valence-electron chi connectivity index (χ2n) is 13.7. The molecule has 0 radical (unpaired) electrons. The number of primary amides is 1. The van der Waals surface area contributed by atoms with Crippen molar-refractivity contribution in [2.45, 2.75) is 76.9 Å². The summed E-state index contributed by atoms with van der Waals surface area (Å²) in [5.74, 6) is 0.981. The number of hydrogen-bond donors (Lipinski definition) is 2. The van der Waals surface area contributed by atoms with Crippen LogP contribution in [-0.4, -0.2) is 78.5 Å². The molecule has 0 spiro atoms. The smallest absolute Gasteiger partial charge is 0.252 e. The Morgan fingerprint density at radius 2 is 1.66 bits per heavy atom. The first-order valence-electron chi connectivity index (χ1n) is 17.7. The minimum absolute atomic E-state index is 0.00407. The van der Waals surface area contributed by atoms with E-state index in [0.29, 0.717) is 62.2 Å². The molecule has 10 heteroatoms. The van der Waals surface area contributed by atoms with Gasteiger partial charge in [0.1, 0.15) is 24.7 Å². The van der Waals surface area contributed by atoms with Gasteiger partial charge in [-0.1, -0.05) is 54.1 Å². The lowest BCUT2D eigenvalue weighted by Crippen LogP contribution is -2.62. The quantitative estimate of drug-likeness (QED) is 0.199. The second-order valence-corrected chi connectivity index (χ2v) is 14.1. The molecule has 2 atom stereocenters. The Morgan fingerprint density at radius 3 is 2.38 bits per heavy atom. The number of benzene rings is 3. The van der Waals surface area contributed by atoms with Crippen molar-refractivity contribution >= 4 is 34.9 Å². The molecule has 264 valence electrons. The van der Waals surface area contributed by atoms with E-state index < -0.39 is 5.91 Å². The molecule has 9 nitrogen and oxygen atoms in total.